The van der Waals surface area contributed by atoms with Crippen LogP contribution in [0.1, 0.15) is 15.9 Å². The lowest BCUT2D eigenvalue weighted by atomic mass is 10.1. The van der Waals surface area contributed by atoms with Crippen molar-refractivity contribution >= 4 is 23.2 Å². The number of methoxy groups -OCH3 is 4. The number of amides is 1. The van der Waals surface area contributed by atoms with Crippen LogP contribution in [-0.2, 0) is 0 Å². The number of benzene rings is 2. The van der Waals surface area contributed by atoms with Crippen LogP contribution in [0.5, 0.6) is 23.0 Å². The smallest absolute Gasteiger partial charge is 0.256 e. The quantitative estimate of drug-likeness (QED) is 0.840. The lowest BCUT2D eigenvalue weighted by Crippen LogP contribution is -2.13. The first-order valence-corrected chi connectivity index (χ1v) is 7.78. The minimum absolute atomic E-state index is 0.348. The van der Waals surface area contributed by atoms with E-state index in [0.29, 0.717) is 39.3 Å². The van der Waals surface area contributed by atoms with Crippen LogP contribution < -0.4 is 24.3 Å². The zero-order chi connectivity index (χ0) is 18.6. The van der Waals surface area contributed by atoms with Crippen molar-refractivity contribution in [3.05, 3.63) is 40.4 Å². The highest BCUT2D eigenvalue weighted by Gasteiger charge is 2.18. The number of nitrogens with one attached hydrogen (secondary N) is 1. The molecular weight excluding hydrogens is 346 g/mol. The van der Waals surface area contributed by atoms with E-state index in [1.807, 2.05) is 6.92 Å². The molecule has 0 saturated heterocycles. The van der Waals surface area contributed by atoms with Gasteiger partial charge >= 0.3 is 0 Å². The number of aryl methyl sites for hydroxylation is 1. The Labute approximate surface area is 151 Å². The van der Waals surface area contributed by atoms with E-state index in [9.17, 15) is 4.79 Å². The van der Waals surface area contributed by atoms with Crippen LogP contribution in [0.15, 0.2) is 24.3 Å². The molecule has 0 aliphatic carbocycles. The maximum absolute atomic E-state index is 12.7. The molecule has 1 amide bonds. The minimum Gasteiger partial charge on any atom is -0.495 e. The molecule has 0 saturated carbocycles. The van der Waals surface area contributed by atoms with E-state index in [1.54, 1.807) is 24.3 Å². The van der Waals surface area contributed by atoms with Gasteiger partial charge in [0.2, 0.25) is 5.75 Å². The van der Waals surface area contributed by atoms with Crippen molar-refractivity contribution in [1.29, 1.82) is 0 Å². The predicted molar refractivity (Wildman–Crippen MR) is 96.8 cm³/mol. The van der Waals surface area contributed by atoms with Crippen LogP contribution >= 0.6 is 11.6 Å². The van der Waals surface area contributed by atoms with E-state index in [0.717, 1.165) is 5.56 Å². The summed E-state index contributed by atoms with van der Waals surface area (Å²) in [4.78, 5) is 12.7. The van der Waals surface area contributed by atoms with E-state index in [-0.39, 0.29) is 5.91 Å². The van der Waals surface area contributed by atoms with Crippen LogP contribution in [0.4, 0.5) is 5.69 Å². The average Bonchev–Trinajstić information content (AvgIpc) is 2.62. The molecule has 0 aromatic heterocycles. The van der Waals surface area contributed by atoms with Gasteiger partial charge in [-0.25, -0.2) is 0 Å². The summed E-state index contributed by atoms with van der Waals surface area (Å²) >= 11 is 6.09. The largest absolute Gasteiger partial charge is 0.495 e. The Morgan fingerprint density at radius 3 is 1.92 bits per heavy atom. The molecular formula is C18H20ClNO5. The van der Waals surface area contributed by atoms with Crippen LogP contribution in [0, 0.1) is 6.92 Å². The molecule has 2 aromatic rings. The summed E-state index contributed by atoms with van der Waals surface area (Å²) in [7, 11) is 5.99. The van der Waals surface area contributed by atoms with Crippen molar-refractivity contribution in [1.82, 2.24) is 0 Å². The van der Waals surface area contributed by atoms with Gasteiger partial charge in [-0.05, 0) is 30.7 Å². The molecule has 0 spiro atoms. The van der Waals surface area contributed by atoms with Crippen LogP contribution in [0.3, 0.4) is 0 Å². The lowest BCUT2D eigenvalue weighted by molar-refractivity contribution is 0.102. The molecule has 134 valence electrons. The molecule has 1 N–H and O–H groups in total. The average molecular weight is 366 g/mol. The second-order valence-corrected chi connectivity index (χ2v) is 5.58. The van der Waals surface area contributed by atoms with Gasteiger partial charge in [-0.15, -0.1) is 0 Å². The number of hydrogen-bond acceptors (Lipinski definition) is 5. The Morgan fingerprint density at radius 1 is 0.880 bits per heavy atom. The summed E-state index contributed by atoms with van der Waals surface area (Å²) in [5.74, 6) is 1.33. The molecule has 0 bridgehead atoms. The maximum Gasteiger partial charge on any atom is 0.256 e. The van der Waals surface area contributed by atoms with E-state index >= 15 is 0 Å². The third-order valence-electron chi connectivity index (χ3n) is 3.66. The van der Waals surface area contributed by atoms with Gasteiger partial charge in [-0.2, -0.15) is 0 Å². The van der Waals surface area contributed by atoms with Crippen LogP contribution in [-0.4, -0.2) is 34.3 Å². The molecule has 0 fully saturated rings. The molecule has 2 rings (SSSR count). The van der Waals surface area contributed by atoms with Gasteiger partial charge in [0.25, 0.3) is 5.91 Å². The van der Waals surface area contributed by atoms with Crippen molar-refractivity contribution < 1.29 is 23.7 Å². The first-order valence-electron chi connectivity index (χ1n) is 7.40. The molecule has 25 heavy (non-hydrogen) atoms. The SMILES string of the molecule is COc1cc(Cl)c(C)cc1NC(=O)c1cc(OC)c(OC)c(OC)c1. The summed E-state index contributed by atoms with van der Waals surface area (Å²) < 4.78 is 21.1. The summed E-state index contributed by atoms with van der Waals surface area (Å²) in [5, 5.41) is 3.37. The summed E-state index contributed by atoms with van der Waals surface area (Å²) in [6.45, 7) is 1.84. The molecule has 7 heteroatoms. The van der Waals surface area contributed by atoms with Crippen LogP contribution in [0.25, 0.3) is 0 Å². The monoisotopic (exact) mass is 365 g/mol. The first-order chi connectivity index (χ1) is 11.9. The number of carbonyl (C=O) groups excluding carboxylic acids is 1. The molecule has 0 heterocycles. The molecule has 0 aliphatic heterocycles. The maximum atomic E-state index is 12.7. The topological polar surface area (TPSA) is 66.0 Å². The Kier molecular flexibility index (Phi) is 5.98. The fraction of sp³-hybridized carbons (Fsp3) is 0.278. The Hall–Kier alpha value is -2.60. The zero-order valence-electron chi connectivity index (χ0n) is 14.7. The molecule has 6 nitrogen and oxygen atoms in total. The highest BCUT2D eigenvalue weighted by Crippen LogP contribution is 2.38. The lowest BCUT2D eigenvalue weighted by Gasteiger charge is -2.15. The van der Waals surface area contributed by atoms with E-state index in [4.69, 9.17) is 30.5 Å². The zero-order valence-corrected chi connectivity index (χ0v) is 15.5. The fourth-order valence-electron chi connectivity index (χ4n) is 2.34. The number of hydrogen-bond donors (Lipinski definition) is 1. The number of halogens is 1. The van der Waals surface area contributed by atoms with Gasteiger partial charge < -0.3 is 24.3 Å². The molecule has 2 aromatic carbocycles. The van der Waals surface area contributed by atoms with Crippen molar-refractivity contribution in [2.24, 2.45) is 0 Å². The first kappa shape index (κ1) is 18.7. The van der Waals surface area contributed by atoms with E-state index in [1.165, 1.54) is 28.4 Å². The second-order valence-electron chi connectivity index (χ2n) is 5.17. The minimum atomic E-state index is -0.348. The second kappa shape index (κ2) is 7.98. The summed E-state index contributed by atoms with van der Waals surface area (Å²) in [6.07, 6.45) is 0. The van der Waals surface area contributed by atoms with Crippen molar-refractivity contribution in [3.8, 4) is 23.0 Å². The van der Waals surface area contributed by atoms with Crippen molar-refractivity contribution in [2.75, 3.05) is 33.8 Å². The molecule has 0 unspecified atom stereocenters. The van der Waals surface area contributed by atoms with E-state index in [2.05, 4.69) is 5.32 Å². The predicted octanol–water partition coefficient (Wildman–Crippen LogP) is 3.94. The van der Waals surface area contributed by atoms with Gasteiger partial charge in [-0.3, -0.25) is 4.79 Å². The summed E-state index contributed by atoms with van der Waals surface area (Å²) in [5.41, 5.74) is 1.69. The van der Waals surface area contributed by atoms with Gasteiger partial charge in [0.05, 0.1) is 34.1 Å². The van der Waals surface area contributed by atoms with Gasteiger partial charge in [0, 0.05) is 16.7 Å². The Bertz CT molecular complexity index is 766. The van der Waals surface area contributed by atoms with Crippen molar-refractivity contribution in [3.63, 3.8) is 0 Å². The number of rotatable bonds is 6. The third kappa shape index (κ3) is 3.91. The summed E-state index contributed by atoms with van der Waals surface area (Å²) in [6, 6.07) is 6.55. The van der Waals surface area contributed by atoms with Crippen molar-refractivity contribution in [2.45, 2.75) is 6.92 Å². The highest BCUT2D eigenvalue weighted by atomic mass is 35.5. The highest BCUT2D eigenvalue weighted by molar-refractivity contribution is 6.31. The number of carbonyl (C=O) groups is 1. The van der Waals surface area contributed by atoms with Gasteiger partial charge in [0.15, 0.2) is 11.5 Å². The van der Waals surface area contributed by atoms with Gasteiger partial charge in [0.1, 0.15) is 5.75 Å². The molecule has 0 aliphatic rings. The van der Waals surface area contributed by atoms with Gasteiger partial charge in [-0.1, -0.05) is 11.6 Å². The number of ether oxygens (including phenoxy) is 4. The van der Waals surface area contributed by atoms with Crippen LogP contribution in [0.2, 0.25) is 5.02 Å². The number of anilines is 1. The molecule has 0 radical (unpaired) electrons. The van der Waals surface area contributed by atoms with E-state index < -0.39 is 0 Å². The normalized spacial score (nSPS) is 10.2. The third-order valence-corrected chi connectivity index (χ3v) is 4.06. The Balaban J connectivity index is 2.40. The standard InChI is InChI=1S/C18H20ClNO5/c1-10-6-13(14(22-2)9-12(10)19)20-18(21)11-7-15(23-3)17(25-5)16(8-11)24-4/h6-9H,1-5H3,(H,20,21). The molecule has 0 atom stereocenters. The Morgan fingerprint density at radius 2 is 1.44 bits per heavy atom. The fourth-order valence-corrected chi connectivity index (χ4v) is 2.49.